The molecule has 3 rings (SSSR count). The summed E-state index contributed by atoms with van der Waals surface area (Å²) in [5.74, 6) is -0.803. The van der Waals surface area contributed by atoms with Gasteiger partial charge in [0.2, 0.25) is 0 Å². The van der Waals surface area contributed by atoms with E-state index in [9.17, 15) is 9.59 Å². The van der Waals surface area contributed by atoms with Crippen molar-refractivity contribution in [2.24, 2.45) is 0 Å². The number of likely N-dealkylation sites (tertiary alicyclic amines) is 1. The van der Waals surface area contributed by atoms with Crippen LogP contribution in [0, 0.1) is 6.92 Å². The zero-order chi connectivity index (χ0) is 18.7. The number of piperidine rings is 1. The first-order chi connectivity index (χ1) is 12.5. The molecule has 0 N–H and O–H groups in total. The lowest BCUT2D eigenvalue weighted by atomic mass is 10.0. The average molecular weight is 376 g/mol. The van der Waals surface area contributed by atoms with Crippen LogP contribution < -0.4 is 0 Å². The maximum atomic E-state index is 12.5. The number of hydrogen-bond acceptors (Lipinski definition) is 4. The number of amides is 1. The Labute approximate surface area is 157 Å². The number of para-hydroxylation sites is 1. The van der Waals surface area contributed by atoms with Crippen molar-refractivity contribution in [2.75, 3.05) is 13.2 Å². The minimum absolute atomic E-state index is 0.172. The van der Waals surface area contributed by atoms with E-state index in [-0.39, 0.29) is 29.3 Å². The molecular formula is C19H22ClN3O3. The Balaban J connectivity index is 1.70. The fourth-order valence-electron chi connectivity index (χ4n) is 3.22. The first-order valence-electron chi connectivity index (χ1n) is 8.76. The van der Waals surface area contributed by atoms with Gasteiger partial charge in [-0.25, -0.2) is 9.48 Å². The molecule has 1 unspecified atom stereocenters. The predicted octanol–water partition coefficient (Wildman–Crippen LogP) is 3.39. The molecule has 0 bridgehead atoms. The van der Waals surface area contributed by atoms with Gasteiger partial charge in [0.25, 0.3) is 5.91 Å². The van der Waals surface area contributed by atoms with Gasteiger partial charge >= 0.3 is 5.97 Å². The number of hydrogen-bond donors (Lipinski definition) is 0. The maximum Gasteiger partial charge on any atom is 0.343 e. The molecule has 0 spiro atoms. The van der Waals surface area contributed by atoms with Gasteiger partial charge in [-0.05, 0) is 45.2 Å². The van der Waals surface area contributed by atoms with E-state index in [0.29, 0.717) is 12.2 Å². The van der Waals surface area contributed by atoms with E-state index in [2.05, 4.69) is 5.10 Å². The molecule has 0 radical (unpaired) electrons. The van der Waals surface area contributed by atoms with Crippen LogP contribution in [0.15, 0.2) is 30.3 Å². The number of carbonyl (C=O) groups excluding carboxylic acids is 2. The van der Waals surface area contributed by atoms with E-state index in [1.165, 1.54) is 4.68 Å². The van der Waals surface area contributed by atoms with E-state index < -0.39 is 5.97 Å². The van der Waals surface area contributed by atoms with Gasteiger partial charge in [-0.15, -0.1) is 0 Å². The standard InChI is InChI=1S/C19H22ClN3O3/c1-13-8-6-7-11-22(13)16(24)12-26-19(25)17-14(2)21-23(18(17)20)15-9-4-3-5-10-15/h3-5,9-10,13H,6-8,11-12H2,1-2H3. The van der Waals surface area contributed by atoms with Crippen molar-refractivity contribution in [3.05, 3.63) is 46.7 Å². The van der Waals surface area contributed by atoms with Crippen molar-refractivity contribution in [2.45, 2.75) is 39.2 Å². The summed E-state index contributed by atoms with van der Waals surface area (Å²) in [6, 6.07) is 9.47. The number of nitrogens with zero attached hydrogens (tertiary/aromatic N) is 3. The minimum Gasteiger partial charge on any atom is -0.452 e. The van der Waals surface area contributed by atoms with Crippen molar-refractivity contribution in [1.82, 2.24) is 14.7 Å². The molecule has 2 heterocycles. The summed E-state index contributed by atoms with van der Waals surface area (Å²) in [4.78, 5) is 26.6. The molecule has 1 saturated heterocycles. The summed E-state index contributed by atoms with van der Waals surface area (Å²) in [7, 11) is 0. The van der Waals surface area contributed by atoms with Gasteiger partial charge in [-0.2, -0.15) is 5.10 Å². The van der Waals surface area contributed by atoms with Gasteiger partial charge < -0.3 is 9.64 Å². The summed E-state index contributed by atoms with van der Waals surface area (Å²) < 4.78 is 6.72. The Bertz CT molecular complexity index is 804. The predicted molar refractivity (Wildman–Crippen MR) is 98.6 cm³/mol. The highest BCUT2D eigenvalue weighted by molar-refractivity contribution is 6.33. The monoisotopic (exact) mass is 375 g/mol. The second kappa shape index (κ2) is 7.91. The van der Waals surface area contributed by atoms with Crippen LogP contribution in [0.3, 0.4) is 0 Å². The summed E-state index contributed by atoms with van der Waals surface area (Å²) in [5, 5.41) is 4.50. The van der Waals surface area contributed by atoms with Crippen LogP contribution in [0.5, 0.6) is 0 Å². The SMILES string of the molecule is Cc1nn(-c2ccccc2)c(Cl)c1C(=O)OCC(=O)N1CCCCC1C. The molecular weight excluding hydrogens is 354 g/mol. The van der Waals surface area contributed by atoms with E-state index >= 15 is 0 Å². The van der Waals surface area contributed by atoms with E-state index in [4.69, 9.17) is 16.3 Å². The number of esters is 1. The third kappa shape index (κ3) is 3.75. The van der Waals surface area contributed by atoms with Crippen molar-refractivity contribution in [3.8, 4) is 5.69 Å². The molecule has 1 aromatic carbocycles. The number of aromatic nitrogens is 2. The first-order valence-corrected chi connectivity index (χ1v) is 9.14. The smallest absolute Gasteiger partial charge is 0.343 e. The highest BCUT2D eigenvalue weighted by Gasteiger charge is 2.26. The van der Waals surface area contributed by atoms with Gasteiger partial charge in [-0.1, -0.05) is 29.8 Å². The third-order valence-corrected chi connectivity index (χ3v) is 5.01. The average Bonchev–Trinajstić information content (AvgIpc) is 2.95. The zero-order valence-electron chi connectivity index (χ0n) is 14.9. The second-order valence-electron chi connectivity index (χ2n) is 6.51. The van der Waals surface area contributed by atoms with Crippen LogP contribution in [0.25, 0.3) is 5.69 Å². The molecule has 6 nitrogen and oxygen atoms in total. The van der Waals surface area contributed by atoms with Gasteiger partial charge in [0.1, 0.15) is 10.7 Å². The number of benzene rings is 1. The molecule has 2 aromatic rings. The summed E-state index contributed by atoms with van der Waals surface area (Å²) in [6.45, 7) is 4.14. The van der Waals surface area contributed by atoms with E-state index in [1.54, 1.807) is 11.8 Å². The summed E-state index contributed by atoms with van der Waals surface area (Å²) in [5.41, 5.74) is 1.40. The zero-order valence-corrected chi connectivity index (χ0v) is 15.7. The topological polar surface area (TPSA) is 64.4 Å². The van der Waals surface area contributed by atoms with E-state index in [0.717, 1.165) is 24.9 Å². The lowest BCUT2D eigenvalue weighted by Crippen LogP contribution is -2.44. The molecule has 1 atom stereocenters. The number of rotatable bonds is 4. The Morgan fingerprint density at radius 2 is 2.00 bits per heavy atom. The maximum absolute atomic E-state index is 12.5. The Morgan fingerprint density at radius 3 is 2.69 bits per heavy atom. The van der Waals surface area contributed by atoms with Crippen LogP contribution in [-0.2, 0) is 9.53 Å². The molecule has 1 aromatic heterocycles. The molecule has 1 fully saturated rings. The fourth-order valence-corrected chi connectivity index (χ4v) is 3.57. The van der Waals surface area contributed by atoms with Crippen LogP contribution in [0.2, 0.25) is 5.15 Å². The molecule has 26 heavy (non-hydrogen) atoms. The third-order valence-electron chi connectivity index (χ3n) is 4.66. The molecule has 1 aliphatic rings. The number of aryl methyl sites for hydroxylation is 1. The van der Waals surface area contributed by atoms with Crippen molar-refractivity contribution in [3.63, 3.8) is 0 Å². The van der Waals surface area contributed by atoms with Gasteiger partial charge in [0, 0.05) is 12.6 Å². The lowest BCUT2D eigenvalue weighted by Gasteiger charge is -2.33. The van der Waals surface area contributed by atoms with Crippen LogP contribution in [-0.4, -0.2) is 45.8 Å². The minimum atomic E-state index is -0.632. The normalized spacial score (nSPS) is 17.2. The van der Waals surface area contributed by atoms with Crippen LogP contribution >= 0.6 is 11.6 Å². The van der Waals surface area contributed by atoms with E-state index in [1.807, 2.05) is 37.3 Å². The number of ether oxygens (including phenoxy) is 1. The molecule has 1 aliphatic heterocycles. The van der Waals surface area contributed by atoms with Gasteiger partial charge in [0.05, 0.1) is 11.4 Å². The fraction of sp³-hybridized carbons (Fsp3) is 0.421. The van der Waals surface area contributed by atoms with Crippen molar-refractivity contribution >= 4 is 23.5 Å². The van der Waals surface area contributed by atoms with Crippen molar-refractivity contribution < 1.29 is 14.3 Å². The molecule has 0 saturated carbocycles. The highest BCUT2D eigenvalue weighted by atomic mass is 35.5. The molecule has 7 heteroatoms. The quantitative estimate of drug-likeness (QED) is 0.768. The molecule has 1 amide bonds. The lowest BCUT2D eigenvalue weighted by molar-refractivity contribution is -0.137. The molecule has 138 valence electrons. The van der Waals surface area contributed by atoms with Gasteiger partial charge in [-0.3, -0.25) is 4.79 Å². The Morgan fingerprint density at radius 1 is 1.27 bits per heavy atom. The van der Waals surface area contributed by atoms with Crippen LogP contribution in [0.4, 0.5) is 0 Å². The van der Waals surface area contributed by atoms with Crippen LogP contribution in [0.1, 0.15) is 42.2 Å². The Hall–Kier alpha value is -2.34. The summed E-state index contributed by atoms with van der Waals surface area (Å²) >= 11 is 6.35. The number of carbonyl (C=O) groups is 2. The Kier molecular flexibility index (Phi) is 5.61. The van der Waals surface area contributed by atoms with Gasteiger partial charge in [0.15, 0.2) is 6.61 Å². The second-order valence-corrected chi connectivity index (χ2v) is 6.86. The summed E-state index contributed by atoms with van der Waals surface area (Å²) in [6.07, 6.45) is 3.09. The molecule has 0 aliphatic carbocycles. The highest BCUT2D eigenvalue weighted by Crippen LogP contribution is 2.24. The number of halogens is 1. The van der Waals surface area contributed by atoms with Crippen molar-refractivity contribution in [1.29, 1.82) is 0 Å². The first kappa shape index (κ1) is 18.5. The largest absolute Gasteiger partial charge is 0.452 e.